The first-order chi connectivity index (χ1) is 8.68. The summed E-state index contributed by atoms with van der Waals surface area (Å²) in [5.74, 6) is -0.256. The highest BCUT2D eigenvalue weighted by Crippen LogP contribution is 2.45. The van der Waals surface area contributed by atoms with Crippen molar-refractivity contribution in [3.05, 3.63) is 41.1 Å². The monoisotopic (exact) mass is 263 g/mol. The lowest BCUT2D eigenvalue weighted by Crippen LogP contribution is -2.02. The lowest BCUT2D eigenvalue weighted by Gasteiger charge is -2.10. The van der Waals surface area contributed by atoms with Gasteiger partial charge in [0.25, 0.3) is 0 Å². The van der Waals surface area contributed by atoms with Crippen LogP contribution < -0.4 is 5.73 Å². The minimum atomic E-state index is -0.572. The fourth-order valence-corrected chi connectivity index (χ4v) is 2.18. The normalized spacial score (nSPS) is 14.8. The molecule has 0 bridgehead atoms. The van der Waals surface area contributed by atoms with Crippen LogP contribution in [0.2, 0.25) is 5.02 Å². The Hall–Kier alpha value is -1.68. The Labute approximate surface area is 109 Å². The van der Waals surface area contributed by atoms with Crippen molar-refractivity contribution in [3.63, 3.8) is 0 Å². The molecule has 0 amide bonds. The Bertz CT molecular complexity index is 597. The van der Waals surface area contributed by atoms with E-state index in [4.69, 9.17) is 17.3 Å². The SMILES string of the molecule is Nc1c(F)c(-c2cccnc2)nc(C2CC2)c1Cl. The first-order valence-corrected chi connectivity index (χ1v) is 6.11. The molecule has 3 nitrogen and oxygen atoms in total. The van der Waals surface area contributed by atoms with Crippen LogP contribution in [0.3, 0.4) is 0 Å². The molecule has 1 aliphatic rings. The van der Waals surface area contributed by atoms with Gasteiger partial charge >= 0.3 is 0 Å². The number of hydrogen-bond acceptors (Lipinski definition) is 3. The number of aromatic nitrogens is 2. The number of rotatable bonds is 2. The van der Waals surface area contributed by atoms with E-state index in [1.54, 1.807) is 24.5 Å². The molecule has 1 aliphatic carbocycles. The van der Waals surface area contributed by atoms with Gasteiger partial charge in [-0.05, 0) is 25.0 Å². The molecule has 92 valence electrons. The molecule has 0 radical (unpaired) electrons. The predicted octanol–water partition coefficient (Wildman–Crippen LogP) is 3.40. The Morgan fingerprint density at radius 3 is 2.78 bits per heavy atom. The number of hydrogen-bond donors (Lipinski definition) is 1. The zero-order valence-electron chi connectivity index (χ0n) is 9.53. The number of nitrogen functional groups attached to an aromatic ring is 1. The van der Waals surface area contributed by atoms with Crippen LogP contribution in [0.1, 0.15) is 24.5 Å². The summed E-state index contributed by atoms with van der Waals surface area (Å²) in [6.07, 6.45) is 5.26. The van der Waals surface area contributed by atoms with Crippen LogP contribution in [-0.4, -0.2) is 9.97 Å². The summed E-state index contributed by atoms with van der Waals surface area (Å²) in [6.45, 7) is 0. The van der Waals surface area contributed by atoms with Crippen LogP contribution in [0, 0.1) is 5.82 Å². The molecule has 2 aromatic rings. The van der Waals surface area contributed by atoms with Gasteiger partial charge in [0.05, 0.1) is 16.4 Å². The molecule has 2 aromatic heterocycles. The van der Waals surface area contributed by atoms with Gasteiger partial charge in [0, 0.05) is 23.9 Å². The van der Waals surface area contributed by atoms with Gasteiger partial charge in [-0.3, -0.25) is 4.98 Å². The van der Waals surface area contributed by atoms with Gasteiger partial charge in [-0.2, -0.15) is 0 Å². The van der Waals surface area contributed by atoms with Crippen molar-refractivity contribution in [2.45, 2.75) is 18.8 Å². The molecule has 2 heterocycles. The number of nitrogens with two attached hydrogens (primary N) is 1. The van der Waals surface area contributed by atoms with Gasteiger partial charge in [0.2, 0.25) is 0 Å². The minimum absolute atomic E-state index is 0.0209. The lowest BCUT2D eigenvalue weighted by atomic mass is 10.1. The van der Waals surface area contributed by atoms with Crippen molar-refractivity contribution >= 4 is 17.3 Å². The highest BCUT2D eigenvalue weighted by Gasteiger charge is 2.30. The van der Waals surface area contributed by atoms with Crippen molar-refractivity contribution in [1.82, 2.24) is 9.97 Å². The summed E-state index contributed by atoms with van der Waals surface area (Å²) in [7, 11) is 0. The molecule has 1 fully saturated rings. The molecule has 5 heteroatoms. The standard InChI is InChI=1S/C13H11ClFN3/c14-9-11(16)10(15)13(8-2-1-5-17-6-8)18-12(9)7-3-4-7/h1-2,5-7H,3-4H2,(H2,16,18). The van der Waals surface area contributed by atoms with Gasteiger partial charge in [-0.1, -0.05) is 11.6 Å². The minimum Gasteiger partial charge on any atom is -0.395 e. The third-order valence-electron chi connectivity index (χ3n) is 3.04. The Balaban J connectivity index is 2.20. The van der Waals surface area contributed by atoms with Crippen LogP contribution in [0.4, 0.5) is 10.1 Å². The second-order valence-electron chi connectivity index (χ2n) is 4.40. The van der Waals surface area contributed by atoms with E-state index in [0.29, 0.717) is 17.2 Å². The maximum atomic E-state index is 14.1. The van der Waals surface area contributed by atoms with Gasteiger partial charge < -0.3 is 5.73 Å². The van der Waals surface area contributed by atoms with Crippen molar-refractivity contribution in [3.8, 4) is 11.3 Å². The molecule has 0 spiro atoms. The topological polar surface area (TPSA) is 51.8 Å². The second kappa shape index (κ2) is 4.21. The van der Waals surface area contributed by atoms with Crippen LogP contribution in [0.25, 0.3) is 11.3 Å². The fraction of sp³-hybridized carbons (Fsp3) is 0.231. The van der Waals surface area contributed by atoms with Gasteiger partial charge in [0.15, 0.2) is 5.82 Å². The van der Waals surface area contributed by atoms with Crippen molar-refractivity contribution < 1.29 is 4.39 Å². The highest BCUT2D eigenvalue weighted by atomic mass is 35.5. The lowest BCUT2D eigenvalue weighted by molar-refractivity contribution is 0.628. The smallest absolute Gasteiger partial charge is 0.173 e. The maximum absolute atomic E-state index is 14.1. The first-order valence-electron chi connectivity index (χ1n) is 5.73. The molecule has 18 heavy (non-hydrogen) atoms. The summed E-state index contributed by atoms with van der Waals surface area (Å²) in [5, 5.41) is 0.252. The molecule has 0 unspecified atom stereocenters. The molecule has 1 saturated carbocycles. The van der Waals surface area contributed by atoms with E-state index >= 15 is 0 Å². The second-order valence-corrected chi connectivity index (χ2v) is 4.78. The molecule has 0 saturated heterocycles. The molecule has 0 atom stereocenters. The summed E-state index contributed by atoms with van der Waals surface area (Å²) < 4.78 is 14.1. The van der Waals surface area contributed by atoms with Crippen molar-refractivity contribution in [2.75, 3.05) is 5.73 Å². The van der Waals surface area contributed by atoms with E-state index in [1.165, 1.54) is 0 Å². The largest absolute Gasteiger partial charge is 0.395 e. The van der Waals surface area contributed by atoms with E-state index in [9.17, 15) is 4.39 Å². The number of pyridine rings is 2. The van der Waals surface area contributed by atoms with Crippen molar-refractivity contribution in [1.29, 1.82) is 0 Å². The number of anilines is 1. The summed E-state index contributed by atoms with van der Waals surface area (Å²) in [4.78, 5) is 8.30. The van der Waals surface area contributed by atoms with E-state index in [0.717, 1.165) is 12.8 Å². The Morgan fingerprint density at radius 1 is 1.39 bits per heavy atom. The highest BCUT2D eigenvalue weighted by molar-refractivity contribution is 6.33. The van der Waals surface area contributed by atoms with Crippen LogP contribution in [0.15, 0.2) is 24.5 Å². The van der Waals surface area contributed by atoms with Gasteiger partial charge in [0.1, 0.15) is 5.69 Å². The average Bonchev–Trinajstić information content (AvgIpc) is 3.22. The van der Waals surface area contributed by atoms with Crippen molar-refractivity contribution in [2.24, 2.45) is 0 Å². The predicted molar refractivity (Wildman–Crippen MR) is 68.8 cm³/mol. The molecular formula is C13H11ClFN3. The van der Waals surface area contributed by atoms with Crippen LogP contribution in [0.5, 0.6) is 0 Å². The first kappa shape index (κ1) is 11.4. The quantitative estimate of drug-likeness (QED) is 0.903. The van der Waals surface area contributed by atoms with Gasteiger partial charge in [-0.15, -0.1) is 0 Å². The Kier molecular flexibility index (Phi) is 2.67. The summed E-state index contributed by atoms with van der Waals surface area (Å²) >= 11 is 6.05. The Morgan fingerprint density at radius 2 is 2.17 bits per heavy atom. The van der Waals surface area contributed by atoms with Crippen LogP contribution in [-0.2, 0) is 0 Å². The number of nitrogens with zero attached hydrogens (tertiary/aromatic N) is 2. The third-order valence-corrected chi connectivity index (χ3v) is 3.43. The molecule has 2 N–H and O–H groups in total. The number of halogens is 2. The summed E-state index contributed by atoms with van der Waals surface area (Å²) in [6, 6.07) is 3.49. The van der Waals surface area contributed by atoms with E-state index in [2.05, 4.69) is 9.97 Å². The molecule has 0 aromatic carbocycles. The van der Waals surface area contributed by atoms with Gasteiger partial charge in [-0.25, -0.2) is 9.37 Å². The van der Waals surface area contributed by atoms with E-state index in [-0.39, 0.29) is 16.4 Å². The average molecular weight is 264 g/mol. The third kappa shape index (κ3) is 1.82. The molecular weight excluding hydrogens is 253 g/mol. The summed E-state index contributed by atoms with van der Waals surface area (Å²) in [5.41, 5.74) is 7.24. The molecule has 3 rings (SSSR count). The molecule has 0 aliphatic heterocycles. The van der Waals surface area contributed by atoms with Crippen LogP contribution >= 0.6 is 11.6 Å². The van der Waals surface area contributed by atoms with E-state index < -0.39 is 5.82 Å². The van der Waals surface area contributed by atoms with E-state index in [1.807, 2.05) is 0 Å². The zero-order valence-corrected chi connectivity index (χ0v) is 10.3. The zero-order chi connectivity index (χ0) is 12.7. The fourth-order valence-electron chi connectivity index (χ4n) is 1.90. The maximum Gasteiger partial charge on any atom is 0.173 e.